The van der Waals surface area contributed by atoms with E-state index in [2.05, 4.69) is 19.2 Å². The molecule has 0 aliphatic rings. The van der Waals surface area contributed by atoms with Crippen LogP contribution in [0.4, 0.5) is 0 Å². The lowest BCUT2D eigenvalue weighted by molar-refractivity contribution is 0.0480. The van der Waals surface area contributed by atoms with Crippen LogP contribution in [0.15, 0.2) is 59.4 Å². The van der Waals surface area contributed by atoms with Crippen molar-refractivity contribution in [2.24, 2.45) is 0 Å². The number of unbranched alkanes of at least 4 members (excludes halogenated alkanes) is 7. The fourth-order valence-electron chi connectivity index (χ4n) is 4.23. The largest absolute Gasteiger partial charge is 0.490 e. The molecule has 0 fully saturated rings. The van der Waals surface area contributed by atoms with Crippen LogP contribution in [-0.4, -0.2) is 31.1 Å². The Labute approximate surface area is 228 Å². The predicted octanol–water partition coefficient (Wildman–Crippen LogP) is 7.10. The van der Waals surface area contributed by atoms with Crippen LogP contribution in [0.1, 0.15) is 112 Å². The normalized spacial score (nSPS) is 11.5. The summed E-state index contributed by atoms with van der Waals surface area (Å²) in [6.45, 7) is 5.09. The molecule has 2 rings (SSSR count). The first-order valence-electron chi connectivity index (χ1n) is 14.4. The molecule has 0 aliphatic carbocycles. The number of hydrogen-bond acceptors (Lipinski definition) is 5. The Morgan fingerprint density at radius 1 is 0.763 bits per heavy atom. The van der Waals surface area contributed by atoms with Gasteiger partial charge in [-0.15, -0.1) is 0 Å². The summed E-state index contributed by atoms with van der Waals surface area (Å²) in [6, 6.07) is 15.4. The molecule has 1 atom stereocenters. The molecule has 6 heteroatoms. The highest BCUT2D eigenvalue weighted by Gasteiger charge is 2.14. The zero-order valence-corrected chi connectivity index (χ0v) is 23.2. The zero-order chi connectivity index (χ0) is 27.4. The van der Waals surface area contributed by atoms with Gasteiger partial charge in [0.15, 0.2) is 5.43 Å². The maximum Gasteiger partial charge on any atom is 0.338 e. The van der Waals surface area contributed by atoms with Gasteiger partial charge in [0.2, 0.25) is 0 Å². The van der Waals surface area contributed by atoms with E-state index in [-0.39, 0.29) is 23.8 Å². The second-order valence-corrected chi connectivity index (χ2v) is 9.75. The quantitative estimate of drug-likeness (QED) is 0.157. The Morgan fingerprint density at radius 3 is 2.18 bits per heavy atom. The molecule has 0 bridgehead atoms. The van der Waals surface area contributed by atoms with Gasteiger partial charge in [-0.25, -0.2) is 4.79 Å². The van der Waals surface area contributed by atoms with Crippen molar-refractivity contribution in [3.8, 4) is 5.75 Å². The van der Waals surface area contributed by atoms with Crippen molar-refractivity contribution in [2.75, 3.05) is 13.2 Å². The number of nitrogens with one attached hydrogen (secondary N) is 1. The number of ether oxygens (including phenoxy) is 2. The molecule has 0 saturated heterocycles. The third-order valence-electron chi connectivity index (χ3n) is 6.48. The minimum Gasteiger partial charge on any atom is -0.490 e. The van der Waals surface area contributed by atoms with E-state index in [0.717, 1.165) is 44.3 Å². The second-order valence-electron chi connectivity index (χ2n) is 9.75. The molecule has 6 nitrogen and oxygen atoms in total. The van der Waals surface area contributed by atoms with E-state index in [1.54, 1.807) is 0 Å². The highest BCUT2D eigenvalue weighted by molar-refractivity contribution is 5.95. The van der Waals surface area contributed by atoms with Crippen LogP contribution in [0.5, 0.6) is 5.75 Å². The molecule has 1 unspecified atom stereocenters. The standard InChI is InChI=1S/C32H45NO5/c1-3-5-7-8-9-11-16-28(38-27-17-12-10-13-18-27)19-15-25-37-32(36)26-20-22-29(30(34)23-21-26)31(35)33-24-14-6-4-2/h10,12-13,17-18,20-23,28H,3-9,11,14-16,19,24-25H2,1-2H3,(H,33,35). The lowest BCUT2D eigenvalue weighted by atomic mass is 10.0. The van der Waals surface area contributed by atoms with Crippen molar-refractivity contribution in [1.82, 2.24) is 5.32 Å². The van der Waals surface area contributed by atoms with Crippen molar-refractivity contribution < 1.29 is 19.1 Å². The summed E-state index contributed by atoms with van der Waals surface area (Å²) in [5, 5.41) is 2.77. The van der Waals surface area contributed by atoms with Crippen LogP contribution < -0.4 is 15.5 Å². The summed E-state index contributed by atoms with van der Waals surface area (Å²) in [6.07, 6.45) is 12.8. The molecular weight excluding hydrogens is 478 g/mol. The first kappa shape index (κ1) is 31.1. The Kier molecular flexibility index (Phi) is 15.5. The van der Waals surface area contributed by atoms with Crippen LogP contribution in [-0.2, 0) is 4.74 Å². The Hall–Kier alpha value is -3.15. The highest BCUT2D eigenvalue weighted by Crippen LogP contribution is 2.19. The summed E-state index contributed by atoms with van der Waals surface area (Å²) < 4.78 is 11.7. The lowest BCUT2D eigenvalue weighted by Gasteiger charge is -2.19. The number of esters is 1. The van der Waals surface area contributed by atoms with E-state index in [1.165, 1.54) is 56.4 Å². The smallest absolute Gasteiger partial charge is 0.338 e. The zero-order valence-electron chi connectivity index (χ0n) is 23.2. The van der Waals surface area contributed by atoms with Gasteiger partial charge in [-0.2, -0.15) is 0 Å². The van der Waals surface area contributed by atoms with E-state index < -0.39 is 17.3 Å². The minimum atomic E-state index is -0.508. The lowest BCUT2D eigenvalue weighted by Crippen LogP contribution is -2.28. The van der Waals surface area contributed by atoms with Crippen molar-refractivity contribution in [1.29, 1.82) is 0 Å². The van der Waals surface area contributed by atoms with Gasteiger partial charge < -0.3 is 14.8 Å². The first-order chi connectivity index (χ1) is 18.5. The fourth-order valence-corrected chi connectivity index (χ4v) is 4.23. The first-order valence-corrected chi connectivity index (χ1v) is 14.4. The van der Waals surface area contributed by atoms with Gasteiger partial charge in [-0.1, -0.05) is 77.0 Å². The molecule has 0 aliphatic heterocycles. The van der Waals surface area contributed by atoms with Gasteiger partial charge in [0.05, 0.1) is 23.8 Å². The van der Waals surface area contributed by atoms with E-state index >= 15 is 0 Å². The SMILES string of the molecule is CCCCCCCCC(CCCOC(=O)c1ccc(C(=O)NCCCCC)c(=O)cc1)Oc1ccccc1. The summed E-state index contributed by atoms with van der Waals surface area (Å²) in [5.41, 5.74) is -0.153. The van der Waals surface area contributed by atoms with Gasteiger partial charge in [-0.05, 0) is 68.5 Å². The van der Waals surface area contributed by atoms with Gasteiger partial charge in [0, 0.05) is 6.54 Å². The molecule has 2 aromatic rings. The van der Waals surface area contributed by atoms with Gasteiger partial charge in [0.1, 0.15) is 5.75 Å². The maximum atomic E-state index is 12.6. The molecule has 0 spiro atoms. The van der Waals surface area contributed by atoms with E-state index in [9.17, 15) is 14.4 Å². The van der Waals surface area contributed by atoms with Crippen LogP contribution in [0.25, 0.3) is 0 Å². The Bertz CT molecular complexity index is 1010. The summed E-state index contributed by atoms with van der Waals surface area (Å²) >= 11 is 0. The third-order valence-corrected chi connectivity index (χ3v) is 6.48. The Morgan fingerprint density at radius 2 is 1.42 bits per heavy atom. The van der Waals surface area contributed by atoms with Crippen molar-refractivity contribution >= 4 is 11.9 Å². The van der Waals surface area contributed by atoms with Crippen LogP contribution in [0.3, 0.4) is 0 Å². The Balaban J connectivity index is 1.84. The number of para-hydroxylation sites is 1. The highest BCUT2D eigenvalue weighted by atomic mass is 16.5. The number of hydrogen-bond donors (Lipinski definition) is 1. The molecule has 0 saturated carbocycles. The summed E-state index contributed by atoms with van der Waals surface area (Å²) in [4.78, 5) is 37.3. The monoisotopic (exact) mass is 523 g/mol. The molecule has 1 N–H and O–H groups in total. The molecule has 0 radical (unpaired) electrons. The van der Waals surface area contributed by atoms with E-state index in [0.29, 0.717) is 13.0 Å². The third kappa shape index (κ3) is 12.4. The number of rotatable bonds is 19. The van der Waals surface area contributed by atoms with Crippen molar-refractivity contribution in [3.05, 3.63) is 75.9 Å². The summed E-state index contributed by atoms with van der Waals surface area (Å²) in [7, 11) is 0. The molecule has 208 valence electrons. The molecule has 0 heterocycles. The van der Waals surface area contributed by atoms with Gasteiger partial charge in [-0.3, -0.25) is 9.59 Å². The maximum absolute atomic E-state index is 12.6. The second kappa shape index (κ2) is 19.0. The van der Waals surface area contributed by atoms with Crippen LogP contribution in [0.2, 0.25) is 0 Å². The van der Waals surface area contributed by atoms with Crippen LogP contribution >= 0.6 is 0 Å². The van der Waals surface area contributed by atoms with Crippen molar-refractivity contribution in [2.45, 2.75) is 97.0 Å². The number of carbonyl (C=O) groups excluding carboxylic acids is 2. The minimum absolute atomic E-state index is 0.0242. The average molecular weight is 524 g/mol. The molecule has 38 heavy (non-hydrogen) atoms. The predicted molar refractivity (Wildman–Crippen MR) is 153 cm³/mol. The molecule has 2 aromatic carbocycles. The fraction of sp³-hybridized carbons (Fsp3) is 0.531. The van der Waals surface area contributed by atoms with Crippen LogP contribution in [0, 0.1) is 0 Å². The average Bonchev–Trinajstić information content (AvgIpc) is 3.12. The molecule has 1 amide bonds. The van der Waals surface area contributed by atoms with Crippen molar-refractivity contribution in [3.63, 3.8) is 0 Å². The molecule has 0 aromatic heterocycles. The van der Waals surface area contributed by atoms with Gasteiger partial charge in [0.25, 0.3) is 5.91 Å². The number of amides is 1. The number of carbonyl (C=O) groups is 2. The van der Waals surface area contributed by atoms with E-state index in [4.69, 9.17) is 9.47 Å². The van der Waals surface area contributed by atoms with E-state index in [1.807, 2.05) is 30.3 Å². The topological polar surface area (TPSA) is 81.7 Å². The van der Waals surface area contributed by atoms with Gasteiger partial charge >= 0.3 is 5.97 Å². The number of benzene rings is 1. The summed E-state index contributed by atoms with van der Waals surface area (Å²) in [5.74, 6) is -0.0707. The molecular formula is C32H45NO5.